The second-order valence-electron chi connectivity index (χ2n) is 13.7. The Balaban J connectivity index is 1.19. The third-order valence-electron chi connectivity index (χ3n) is 9.28. The lowest BCUT2D eigenvalue weighted by atomic mass is 9.85. The van der Waals surface area contributed by atoms with E-state index in [0.29, 0.717) is 30.2 Å². The molecule has 10 nitrogen and oxygen atoms in total. The van der Waals surface area contributed by atoms with Crippen LogP contribution in [0.5, 0.6) is 5.75 Å². The summed E-state index contributed by atoms with van der Waals surface area (Å²) in [5.74, 6) is 1.64. The van der Waals surface area contributed by atoms with Gasteiger partial charge >= 0.3 is 6.03 Å². The average Bonchev–Trinajstić information content (AvgIpc) is 3.71. The maximum atomic E-state index is 13.5. The zero-order valence-electron chi connectivity index (χ0n) is 28.0. The molecule has 2 aliphatic rings. The SMILES string of the molecule is CCN1CCC[C@H]1C(=N)n1cc(O[C@@H]2CC[C@H](NC(=O)Nc3cc(C(C)(C)C)nn3-c3ccc(C)cc3)c3ccccc32)ccc1=N. The van der Waals surface area contributed by atoms with Crippen molar-refractivity contribution in [3.8, 4) is 11.4 Å². The zero-order valence-corrected chi connectivity index (χ0v) is 28.0. The summed E-state index contributed by atoms with van der Waals surface area (Å²) in [6.07, 6.45) is 4.94. The number of fused-ring (bicyclic) bond motifs is 1. The Hall–Kier alpha value is -4.70. The van der Waals surface area contributed by atoms with Crippen LogP contribution in [0.2, 0.25) is 0 Å². The number of carbonyl (C=O) groups excluding carboxylic acids is 1. The van der Waals surface area contributed by atoms with Crippen LogP contribution in [-0.4, -0.2) is 50.2 Å². The van der Waals surface area contributed by atoms with Crippen molar-refractivity contribution in [1.29, 1.82) is 10.8 Å². The van der Waals surface area contributed by atoms with Gasteiger partial charge in [-0.3, -0.25) is 25.6 Å². The summed E-state index contributed by atoms with van der Waals surface area (Å²) in [6, 6.07) is 21.1. The van der Waals surface area contributed by atoms with Crippen LogP contribution in [0, 0.1) is 17.7 Å². The highest BCUT2D eigenvalue weighted by atomic mass is 16.5. The van der Waals surface area contributed by atoms with Gasteiger partial charge in [0.25, 0.3) is 0 Å². The first-order chi connectivity index (χ1) is 22.5. The van der Waals surface area contributed by atoms with Crippen LogP contribution in [0.4, 0.5) is 10.6 Å². The molecule has 47 heavy (non-hydrogen) atoms. The van der Waals surface area contributed by atoms with E-state index in [-0.39, 0.29) is 35.1 Å². The topological polar surface area (TPSA) is 124 Å². The van der Waals surface area contributed by atoms with Crippen molar-refractivity contribution in [3.05, 3.63) is 101 Å². The molecule has 2 aromatic heterocycles. The van der Waals surface area contributed by atoms with Gasteiger partial charge in [-0.1, -0.05) is 69.7 Å². The van der Waals surface area contributed by atoms with Crippen molar-refractivity contribution in [2.24, 2.45) is 0 Å². The molecule has 0 unspecified atom stereocenters. The lowest BCUT2D eigenvalue weighted by molar-refractivity contribution is 0.171. The molecule has 1 fully saturated rings. The van der Waals surface area contributed by atoms with Crippen LogP contribution in [0.3, 0.4) is 0 Å². The number of hydrogen-bond acceptors (Lipinski definition) is 6. The summed E-state index contributed by atoms with van der Waals surface area (Å²) in [6.45, 7) is 12.4. The van der Waals surface area contributed by atoms with E-state index in [9.17, 15) is 4.79 Å². The van der Waals surface area contributed by atoms with Gasteiger partial charge in [-0.15, -0.1) is 0 Å². The lowest BCUT2D eigenvalue weighted by Gasteiger charge is -2.32. The third kappa shape index (κ3) is 6.88. The molecule has 1 saturated heterocycles. The van der Waals surface area contributed by atoms with Crippen LogP contribution in [0.15, 0.2) is 72.9 Å². The molecule has 2 amide bonds. The average molecular weight is 635 g/mol. The largest absolute Gasteiger partial charge is 0.484 e. The maximum absolute atomic E-state index is 13.5. The minimum absolute atomic E-state index is 0.00770. The molecular weight excluding hydrogens is 588 g/mol. The molecule has 0 saturated carbocycles. The summed E-state index contributed by atoms with van der Waals surface area (Å²) in [5, 5.41) is 28.5. The monoisotopic (exact) mass is 634 g/mol. The number of urea groups is 1. The van der Waals surface area contributed by atoms with Gasteiger partial charge in [0.2, 0.25) is 0 Å². The van der Waals surface area contributed by atoms with Crippen molar-refractivity contribution in [3.63, 3.8) is 0 Å². The summed E-state index contributed by atoms with van der Waals surface area (Å²) >= 11 is 0. The number of carbonyl (C=O) groups is 1. The van der Waals surface area contributed by atoms with Crippen molar-refractivity contribution in [2.45, 2.75) is 83.9 Å². The van der Waals surface area contributed by atoms with Crippen molar-refractivity contribution in [2.75, 3.05) is 18.4 Å². The molecular formula is C37H46N8O2. The van der Waals surface area contributed by atoms with E-state index in [0.717, 1.165) is 54.0 Å². The van der Waals surface area contributed by atoms with E-state index in [1.165, 1.54) is 0 Å². The number of hydrogen-bond donors (Lipinski definition) is 4. The number of ether oxygens (including phenoxy) is 1. The highest BCUT2D eigenvalue weighted by Gasteiger charge is 2.31. The van der Waals surface area contributed by atoms with E-state index in [1.54, 1.807) is 21.5 Å². The quantitative estimate of drug-likeness (QED) is 0.131. The molecule has 0 bridgehead atoms. The molecule has 10 heteroatoms. The van der Waals surface area contributed by atoms with E-state index in [2.05, 4.69) is 49.3 Å². The number of pyridine rings is 1. The van der Waals surface area contributed by atoms with Crippen LogP contribution in [-0.2, 0) is 5.41 Å². The zero-order chi connectivity index (χ0) is 33.3. The Morgan fingerprint density at radius 2 is 1.77 bits per heavy atom. The number of rotatable bonds is 7. The fourth-order valence-electron chi connectivity index (χ4n) is 6.64. The first-order valence-corrected chi connectivity index (χ1v) is 16.6. The molecule has 6 rings (SSSR count). The first-order valence-electron chi connectivity index (χ1n) is 16.6. The molecule has 0 spiro atoms. The number of aryl methyl sites for hydroxylation is 1. The van der Waals surface area contributed by atoms with Gasteiger partial charge < -0.3 is 10.1 Å². The number of aromatic nitrogens is 3. The highest BCUT2D eigenvalue weighted by molar-refractivity contribution is 5.89. The van der Waals surface area contributed by atoms with Gasteiger partial charge in [0.05, 0.1) is 29.7 Å². The van der Waals surface area contributed by atoms with E-state index < -0.39 is 0 Å². The van der Waals surface area contributed by atoms with E-state index in [4.69, 9.17) is 20.7 Å². The number of benzene rings is 2. The Morgan fingerprint density at radius 3 is 2.49 bits per heavy atom. The lowest BCUT2D eigenvalue weighted by Crippen LogP contribution is -2.42. The summed E-state index contributed by atoms with van der Waals surface area (Å²) in [4.78, 5) is 15.8. The van der Waals surface area contributed by atoms with E-state index in [1.807, 2.05) is 61.5 Å². The predicted octanol–water partition coefficient (Wildman–Crippen LogP) is 6.85. The van der Waals surface area contributed by atoms with Gasteiger partial charge in [0.15, 0.2) is 0 Å². The molecule has 0 radical (unpaired) electrons. The predicted molar refractivity (Wildman–Crippen MR) is 185 cm³/mol. The maximum Gasteiger partial charge on any atom is 0.320 e. The minimum atomic E-state index is -0.295. The normalized spacial score (nSPS) is 19.6. The number of nitrogens with one attached hydrogen (secondary N) is 4. The fraction of sp³-hybridized carbons (Fsp3) is 0.405. The number of nitrogens with zero attached hydrogens (tertiary/aromatic N) is 4. The molecule has 1 aliphatic heterocycles. The van der Waals surface area contributed by atoms with Gasteiger partial charge in [-0.05, 0) is 81.1 Å². The molecule has 4 aromatic rings. The highest BCUT2D eigenvalue weighted by Crippen LogP contribution is 2.39. The number of anilines is 1. The number of likely N-dealkylation sites (tertiary alicyclic amines) is 1. The second-order valence-corrected chi connectivity index (χ2v) is 13.7. The second kappa shape index (κ2) is 13.2. The van der Waals surface area contributed by atoms with Crippen molar-refractivity contribution < 1.29 is 9.53 Å². The summed E-state index contributed by atoms with van der Waals surface area (Å²) in [5.41, 5.74) is 5.04. The smallest absolute Gasteiger partial charge is 0.320 e. The Kier molecular flexibility index (Phi) is 9.05. The van der Waals surface area contributed by atoms with Crippen LogP contribution < -0.4 is 20.9 Å². The number of amides is 2. The van der Waals surface area contributed by atoms with E-state index >= 15 is 0 Å². The fourth-order valence-corrected chi connectivity index (χ4v) is 6.64. The Morgan fingerprint density at radius 1 is 1.02 bits per heavy atom. The molecule has 3 atom stereocenters. The Labute approximate surface area is 276 Å². The van der Waals surface area contributed by atoms with Crippen molar-refractivity contribution in [1.82, 2.24) is 24.6 Å². The molecule has 3 heterocycles. The van der Waals surface area contributed by atoms with Gasteiger partial charge in [0.1, 0.15) is 29.0 Å². The van der Waals surface area contributed by atoms with Crippen LogP contribution in [0.1, 0.15) is 87.9 Å². The molecule has 246 valence electrons. The summed E-state index contributed by atoms with van der Waals surface area (Å²) in [7, 11) is 0. The molecule has 2 aromatic carbocycles. The number of likely N-dealkylation sites (N-methyl/N-ethyl adjacent to an activating group) is 1. The molecule has 4 N–H and O–H groups in total. The van der Waals surface area contributed by atoms with Crippen LogP contribution in [0.25, 0.3) is 5.69 Å². The van der Waals surface area contributed by atoms with Gasteiger partial charge in [-0.25, -0.2) is 9.48 Å². The summed E-state index contributed by atoms with van der Waals surface area (Å²) < 4.78 is 9.98. The van der Waals surface area contributed by atoms with Crippen molar-refractivity contribution >= 4 is 17.7 Å². The van der Waals surface area contributed by atoms with Gasteiger partial charge in [-0.2, -0.15) is 5.10 Å². The first kappa shape index (κ1) is 32.2. The minimum Gasteiger partial charge on any atom is -0.484 e. The third-order valence-corrected chi connectivity index (χ3v) is 9.28. The van der Waals surface area contributed by atoms with Gasteiger partial charge in [0, 0.05) is 11.5 Å². The standard InChI is InChI=1S/C37H46N8O2/c1-6-43-21-9-12-30(43)35(39)44-23-26(17-20-33(44)38)47-31-19-18-29(27-10-7-8-11-28(27)31)40-36(46)41-34-22-32(37(3,4)5)42-45(34)25-15-13-24(2)14-16-25/h7-8,10-11,13-17,20,22-23,29-31,38-39H,6,9,12,18-19,21H2,1-5H3,(H2,40,41,46)/t29-,30-,31+/m0/s1. The van der Waals surface area contributed by atoms with Crippen LogP contribution >= 0.6 is 0 Å². The Bertz CT molecular complexity index is 1820. The molecule has 1 aliphatic carbocycles.